The van der Waals surface area contributed by atoms with Gasteiger partial charge in [0.25, 0.3) is 0 Å². The van der Waals surface area contributed by atoms with Crippen molar-refractivity contribution >= 4 is 17.3 Å². The molecule has 0 bridgehead atoms. The summed E-state index contributed by atoms with van der Waals surface area (Å²) in [5, 5.41) is 7.98. The first-order valence-corrected chi connectivity index (χ1v) is 7.07. The molecule has 2 rings (SSSR count). The minimum absolute atomic E-state index is 0.0804. The Labute approximate surface area is 123 Å². The van der Waals surface area contributed by atoms with Crippen LogP contribution in [0.3, 0.4) is 0 Å². The van der Waals surface area contributed by atoms with E-state index in [0.29, 0.717) is 0 Å². The number of aryl methyl sites for hydroxylation is 2. The summed E-state index contributed by atoms with van der Waals surface area (Å²) in [6, 6.07) is 4.73. The maximum absolute atomic E-state index is 13.2. The van der Waals surface area contributed by atoms with Crippen molar-refractivity contribution in [1.82, 2.24) is 9.78 Å². The molecule has 108 valence electrons. The van der Waals surface area contributed by atoms with Crippen molar-refractivity contribution in [3.05, 3.63) is 46.0 Å². The summed E-state index contributed by atoms with van der Waals surface area (Å²) in [5.74, 6) is -0.406. The van der Waals surface area contributed by atoms with Crippen molar-refractivity contribution in [2.24, 2.45) is 0 Å². The molecule has 0 saturated carbocycles. The number of benzene rings is 1. The van der Waals surface area contributed by atoms with Gasteiger partial charge in [0.2, 0.25) is 0 Å². The smallest absolute Gasteiger partial charge is 0.141 e. The number of rotatable bonds is 4. The summed E-state index contributed by atoms with van der Waals surface area (Å²) in [6.45, 7) is 9.05. The Morgan fingerprint density at radius 1 is 1.40 bits per heavy atom. The topological polar surface area (TPSA) is 29.9 Å². The van der Waals surface area contributed by atoms with Gasteiger partial charge in [0.15, 0.2) is 0 Å². The van der Waals surface area contributed by atoms with E-state index in [1.165, 1.54) is 11.6 Å². The number of halogens is 2. The summed E-state index contributed by atoms with van der Waals surface area (Å²) >= 11 is 5.80. The molecule has 5 heteroatoms. The van der Waals surface area contributed by atoms with Gasteiger partial charge in [-0.25, -0.2) is 4.39 Å². The van der Waals surface area contributed by atoms with E-state index in [1.54, 1.807) is 12.1 Å². The average molecular weight is 296 g/mol. The summed E-state index contributed by atoms with van der Waals surface area (Å²) < 4.78 is 15.1. The molecule has 0 aliphatic rings. The highest BCUT2D eigenvalue weighted by Crippen LogP contribution is 2.27. The van der Waals surface area contributed by atoms with Gasteiger partial charge in [0.05, 0.1) is 16.8 Å². The first kappa shape index (κ1) is 14.9. The normalized spacial score (nSPS) is 12.5. The van der Waals surface area contributed by atoms with E-state index in [0.717, 1.165) is 23.6 Å². The molecule has 1 aromatic heterocycles. The van der Waals surface area contributed by atoms with E-state index in [9.17, 15) is 4.39 Å². The van der Waals surface area contributed by atoms with Gasteiger partial charge in [-0.05, 0) is 45.9 Å². The fourth-order valence-electron chi connectivity index (χ4n) is 2.55. The second-order valence-corrected chi connectivity index (χ2v) is 5.30. The standard InChI is InChI=1S/C15H19ClFN3/c1-5-20-11(4)15(10(3)19-20)9(2)18-12-6-7-14(17)13(16)8-12/h6-9,18H,5H2,1-4H3. The molecule has 0 amide bonds. The number of anilines is 1. The van der Waals surface area contributed by atoms with E-state index >= 15 is 0 Å². The van der Waals surface area contributed by atoms with Gasteiger partial charge in [0, 0.05) is 23.5 Å². The van der Waals surface area contributed by atoms with Crippen molar-refractivity contribution in [1.29, 1.82) is 0 Å². The van der Waals surface area contributed by atoms with E-state index in [-0.39, 0.29) is 11.1 Å². The highest BCUT2D eigenvalue weighted by atomic mass is 35.5. The fourth-order valence-corrected chi connectivity index (χ4v) is 2.73. The van der Waals surface area contributed by atoms with Crippen molar-refractivity contribution in [3.63, 3.8) is 0 Å². The van der Waals surface area contributed by atoms with Gasteiger partial charge >= 0.3 is 0 Å². The van der Waals surface area contributed by atoms with Crippen LogP contribution in [0, 0.1) is 19.7 Å². The van der Waals surface area contributed by atoms with Crippen LogP contribution in [0.4, 0.5) is 10.1 Å². The van der Waals surface area contributed by atoms with Crippen LogP contribution in [0.5, 0.6) is 0 Å². The summed E-state index contributed by atoms with van der Waals surface area (Å²) in [5.41, 5.74) is 4.13. The highest BCUT2D eigenvalue weighted by molar-refractivity contribution is 6.31. The predicted molar refractivity (Wildman–Crippen MR) is 80.8 cm³/mol. The van der Waals surface area contributed by atoms with Crippen LogP contribution in [-0.2, 0) is 6.54 Å². The molecule has 1 N–H and O–H groups in total. The predicted octanol–water partition coefficient (Wildman–Crippen LogP) is 4.49. The van der Waals surface area contributed by atoms with Crippen LogP contribution in [-0.4, -0.2) is 9.78 Å². The lowest BCUT2D eigenvalue weighted by Gasteiger charge is -2.16. The third-order valence-electron chi connectivity index (χ3n) is 3.47. The van der Waals surface area contributed by atoms with Gasteiger partial charge < -0.3 is 5.32 Å². The van der Waals surface area contributed by atoms with E-state index in [1.807, 2.05) is 11.6 Å². The molecule has 0 fully saturated rings. The molecule has 0 saturated heterocycles. The number of nitrogens with one attached hydrogen (secondary N) is 1. The van der Waals surface area contributed by atoms with Crippen molar-refractivity contribution in [2.75, 3.05) is 5.32 Å². The van der Waals surface area contributed by atoms with E-state index in [4.69, 9.17) is 11.6 Å². The number of hydrogen-bond acceptors (Lipinski definition) is 2. The Kier molecular flexibility index (Phi) is 4.33. The van der Waals surface area contributed by atoms with Gasteiger partial charge in [-0.3, -0.25) is 4.68 Å². The minimum Gasteiger partial charge on any atom is -0.378 e. The first-order chi connectivity index (χ1) is 9.43. The zero-order valence-electron chi connectivity index (χ0n) is 12.2. The Hall–Kier alpha value is -1.55. The minimum atomic E-state index is -0.406. The molecule has 0 aliphatic heterocycles. The summed E-state index contributed by atoms with van der Waals surface area (Å²) in [7, 11) is 0. The highest BCUT2D eigenvalue weighted by Gasteiger charge is 2.17. The van der Waals surface area contributed by atoms with Crippen LogP contribution >= 0.6 is 11.6 Å². The molecule has 2 aromatic rings. The second kappa shape index (κ2) is 5.83. The molecule has 1 aromatic carbocycles. The Balaban J connectivity index is 2.25. The largest absolute Gasteiger partial charge is 0.378 e. The molecular formula is C15H19ClFN3. The SMILES string of the molecule is CCn1nc(C)c(C(C)Nc2ccc(F)c(Cl)c2)c1C. The zero-order chi connectivity index (χ0) is 14.9. The van der Waals surface area contributed by atoms with E-state index < -0.39 is 5.82 Å². The molecule has 0 spiro atoms. The first-order valence-electron chi connectivity index (χ1n) is 6.69. The second-order valence-electron chi connectivity index (χ2n) is 4.90. The maximum atomic E-state index is 13.2. The molecule has 1 unspecified atom stereocenters. The van der Waals surface area contributed by atoms with Crippen molar-refractivity contribution < 1.29 is 4.39 Å². The van der Waals surface area contributed by atoms with Gasteiger partial charge in [0.1, 0.15) is 5.82 Å². The lowest BCUT2D eigenvalue weighted by Crippen LogP contribution is -2.09. The van der Waals surface area contributed by atoms with Crippen LogP contribution in [0.15, 0.2) is 18.2 Å². The van der Waals surface area contributed by atoms with Crippen molar-refractivity contribution in [2.45, 2.75) is 40.3 Å². The lowest BCUT2D eigenvalue weighted by molar-refractivity contribution is 0.628. The third kappa shape index (κ3) is 2.80. The molecule has 20 heavy (non-hydrogen) atoms. The maximum Gasteiger partial charge on any atom is 0.141 e. The average Bonchev–Trinajstić information content (AvgIpc) is 2.68. The Bertz CT molecular complexity index is 622. The van der Waals surface area contributed by atoms with Crippen LogP contribution in [0.2, 0.25) is 5.02 Å². The Morgan fingerprint density at radius 3 is 2.65 bits per heavy atom. The number of hydrogen-bond donors (Lipinski definition) is 1. The Morgan fingerprint density at radius 2 is 2.10 bits per heavy atom. The summed E-state index contributed by atoms with van der Waals surface area (Å²) in [4.78, 5) is 0. The van der Waals surface area contributed by atoms with Gasteiger partial charge in [-0.2, -0.15) is 5.10 Å². The summed E-state index contributed by atoms with van der Waals surface area (Å²) in [6.07, 6.45) is 0. The van der Waals surface area contributed by atoms with Crippen LogP contribution < -0.4 is 5.32 Å². The lowest BCUT2D eigenvalue weighted by atomic mass is 10.1. The van der Waals surface area contributed by atoms with Crippen molar-refractivity contribution in [3.8, 4) is 0 Å². The van der Waals surface area contributed by atoms with Crippen LogP contribution in [0.25, 0.3) is 0 Å². The van der Waals surface area contributed by atoms with Gasteiger partial charge in [-0.1, -0.05) is 11.6 Å². The fraction of sp³-hybridized carbons (Fsp3) is 0.400. The quantitative estimate of drug-likeness (QED) is 0.901. The molecule has 1 atom stereocenters. The molecular weight excluding hydrogens is 277 g/mol. The monoisotopic (exact) mass is 295 g/mol. The molecule has 0 aliphatic carbocycles. The molecule has 3 nitrogen and oxygen atoms in total. The number of nitrogens with zero attached hydrogens (tertiary/aromatic N) is 2. The van der Waals surface area contributed by atoms with E-state index in [2.05, 4.69) is 31.2 Å². The molecule has 1 heterocycles. The zero-order valence-corrected chi connectivity index (χ0v) is 12.9. The van der Waals surface area contributed by atoms with Gasteiger partial charge in [-0.15, -0.1) is 0 Å². The third-order valence-corrected chi connectivity index (χ3v) is 3.76. The molecule has 0 radical (unpaired) electrons. The van der Waals surface area contributed by atoms with Crippen LogP contribution in [0.1, 0.15) is 36.8 Å². The number of aromatic nitrogens is 2.